The molecule has 5 nitrogen and oxygen atoms in total. The standard InChI is InChI=1S/C23H32O5/c1-14-11-16-17(23(4,26)10-6-9-22(16,2)3)13-20(14)28-21(25)15-7-8-19(27-5)18(24)12-15/h7-8,11-12,16-17,20,24,26H,6,9-10,13H2,1-5H3/t16?,17?,20?,23-/m0/s1. The number of aliphatic hydroxyl groups is 1. The molecule has 154 valence electrons. The molecule has 1 aromatic rings. The van der Waals surface area contributed by atoms with Gasteiger partial charge >= 0.3 is 5.97 Å². The van der Waals surface area contributed by atoms with E-state index in [0.29, 0.717) is 12.2 Å². The van der Waals surface area contributed by atoms with Crippen LogP contribution >= 0.6 is 0 Å². The van der Waals surface area contributed by atoms with Gasteiger partial charge in [-0.3, -0.25) is 0 Å². The van der Waals surface area contributed by atoms with Crippen molar-refractivity contribution in [3.05, 3.63) is 35.4 Å². The van der Waals surface area contributed by atoms with Crippen molar-refractivity contribution in [2.75, 3.05) is 7.11 Å². The Bertz CT molecular complexity index is 777. The highest BCUT2D eigenvalue weighted by atomic mass is 16.5. The smallest absolute Gasteiger partial charge is 0.338 e. The fraction of sp³-hybridized carbons (Fsp3) is 0.609. The molecule has 4 atom stereocenters. The second kappa shape index (κ2) is 7.43. The van der Waals surface area contributed by atoms with Crippen LogP contribution in [0.1, 0.15) is 63.7 Å². The molecule has 0 bridgehead atoms. The van der Waals surface area contributed by atoms with Gasteiger partial charge in [0, 0.05) is 0 Å². The third-order valence-electron chi connectivity index (χ3n) is 6.72. The van der Waals surface area contributed by atoms with Gasteiger partial charge in [0.25, 0.3) is 0 Å². The number of methoxy groups -OCH3 is 1. The quantitative estimate of drug-likeness (QED) is 0.590. The lowest BCUT2D eigenvalue weighted by atomic mass is 9.62. The Hall–Kier alpha value is -2.01. The third kappa shape index (κ3) is 3.90. The number of carbonyl (C=O) groups is 1. The summed E-state index contributed by atoms with van der Waals surface area (Å²) in [6.45, 7) is 8.45. The predicted molar refractivity (Wildman–Crippen MR) is 107 cm³/mol. The fourth-order valence-corrected chi connectivity index (χ4v) is 4.89. The highest BCUT2D eigenvalue weighted by molar-refractivity contribution is 5.90. The summed E-state index contributed by atoms with van der Waals surface area (Å²) in [4.78, 5) is 12.7. The van der Waals surface area contributed by atoms with Crippen LogP contribution in [0.3, 0.4) is 0 Å². The predicted octanol–water partition coefficient (Wildman–Crippen LogP) is 4.47. The van der Waals surface area contributed by atoms with Crippen LogP contribution in [0.15, 0.2) is 29.8 Å². The van der Waals surface area contributed by atoms with Crippen molar-refractivity contribution in [2.45, 2.75) is 65.1 Å². The summed E-state index contributed by atoms with van der Waals surface area (Å²) in [5.74, 6) is 0.0219. The molecule has 5 heteroatoms. The largest absolute Gasteiger partial charge is 0.504 e. The van der Waals surface area contributed by atoms with Gasteiger partial charge in [-0.1, -0.05) is 26.3 Å². The van der Waals surface area contributed by atoms with Crippen LogP contribution in [-0.2, 0) is 4.74 Å². The van der Waals surface area contributed by atoms with E-state index in [9.17, 15) is 15.0 Å². The third-order valence-corrected chi connectivity index (χ3v) is 6.72. The topological polar surface area (TPSA) is 76.0 Å². The maximum Gasteiger partial charge on any atom is 0.338 e. The van der Waals surface area contributed by atoms with E-state index in [2.05, 4.69) is 19.9 Å². The zero-order chi connectivity index (χ0) is 20.7. The number of ether oxygens (including phenoxy) is 2. The van der Waals surface area contributed by atoms with Gasteiger partial charge in [-0.05, 0) is 74.1 Å². The van der Waals surface area contributed by atoms with Crippen LogP contribution in [0.4, 0.5) is 0 Å². The van der Waals surface area contributed by atoms with Gasteiger partial charge in [0.05, 0.1) is 18.3 Å². The van der Waals surface area contributed by atoms with Gasteiger partial charge < -0.3 is 19.7 Å². The number of hydrogen-bond acceptors (Lipinski definition) is 5. The first kappa shape index (κ1) is 20.7. The van der Waals surface area contributed by atoms with Crippen molar-refractivity contribution in [2.24, 2.45) is 17.3 Å². The number of carbonyl (C=O) groups excluding carboxylic acids is 1. The highest BCUT2D eigenvalue weighted by Gasteiger charge is 2.49. The summed E-state index contributed by atoms with van der Waals surface area (Å²) in [6.07, 6.45) is 5.27. The summed E-state index contributed by atoms with van der Waals surface area (Å²) < 4.78 is 10.8. The maximum atomic E-state index is 12.7. The first-order chi connectivity index (χ1) is 13.0. The number of allylic oxidation sites excluding steroid dienone is 1. The van der Waals surface area contributed by atoms with Gasteiger partial charge in [0.1, 0.15) is 6.10 Å². The van der Waals surface area contributed by atoms with Crippen molar-refractivity contribution in [1.82, 2.24) is 0 Å². The molecule has 3 unspecified atom stereocenters. The molecular weight excluding hydrogens is 356 g/mol. The van der Waals surface area contributed by atoms with E-state index in [0.717, 1.165) is 24.8 Å². The Morgan fingerprint density at radius 1 is 1.21 bits per heavy atom. The Balaban J connectivity index is 1.84. The molecule has 3 rings (SSSR count). The molecule has 1 saturated carbocycles. The molecular formula is C23H32O5. The van der Waals surface area contributed by atoms with E-state index in [4.69, 9.17) is 9.47 Å². The number of phenols is 1. The van der Waals surface area contributed by atoms with E-state index in [1.54, 1.807) is 12.1 Å². The molecule has 0 saturated heterocycles. The van der Waals surface area contributed by atoms with E-state index < -0.39 is 11.6 Å². The van der Waals surface area contributed by atoms with Gasteiger partial charge in [-0.25, -0.2) is 4.79 Å². The molecule has 2 aliphatic rings. The van der Waals surface area contributed by atoms with Crippen molar-refractivity contribution < 1.29 is 24.5 Å². The van der Waals surface area contributed by atoms with Crippen LogP contribution in [0.5, 0.6) is 11.5 Å². The lowest BCUT2D eigenvalue weighted by molar-refractivity contribution is -0.0579. The lowest BCUT2D eigenvalue weighted by Crippen LogP contribution is -2.46. The molecule has 2 aliphatic carbocycles. The van der Waals surface area contributed by atoms with Gasteiger partial charge in [0.15, 0.2) is 11.5 Å². The first-order valence-corrected chi connectivity index (χ1v) is 10.0. The van der Waals surface area contributed by atoms with Crippen molar-refractivity contribution in [1.29, 1.82) is 0 Å². The molecule has 1 aromatic carbocycles. The Kier molecular flexibility index (Phi) is 5.50. The van der Waals surface area contributed by atoms with E-state index >= 15 is 0 Å². The lowest BCUT2D eigenvalue weighted by Gasteiger charge is -2.45. The molecule has 0 amide bonds. The Morgan fingerprint density at radius 2 is 1.93 bits per heavy atom. The molecule has 0 heterocycles. The number of aromatic hydroxyl groups is 1. The van der Waals surface area contributed by atoms with E-state index in [-0.39, 0.29) is 34.7 Å². The zero-order valence-corrected chi connectivity index (χ0v) is 17.5. The minimum atomic E-state index is -0.779. The summed E-state index contributed by atoms with van der Waals surface area (Å²) in [7, 11) is 1.46. The van der Waals surface area contributed by atoms with Gasteiger partial charge in [-0.15, -0.1) is 0 Å². The number of rotatable bonds is 3. The maximum absolute atomic E-state index is 12.7. The Morgan fingerprint density at radius 3 is 2.57 bits per heavy atom. The molecule has 0 aromatic heterocycles. The number of hydrogen-bond donors (Lipinski definition) is 2. The average molecular weight is 389 g/mol. The molecule has 0 radical (unpaired) electrons. The second-order valence-corrected chi connectivity index (χ2v) is 9.26. The molecule has 0 aliphatic heterocycles. The van der Waals surface area contributed by atoms with Crippen LogP contribution < -0.4 is 4.74 Å². The van der Waals surface area contributed by atoms with Gasteiger partial charge in [-0.2, -0.15) is 0 Å². The molecule has 2 N–H and O–H groups in total. The number of esters is 1. The van der Waals surface area contributed by atoms with Crippen LogP contribution in [0.2, 0.25) is 0 Å². The van der Waals surface area contributed by atoms with Gasteiger partial charge in [0.2, 0.25) is 0 Å². The zero-order valence-electron chi connectivity index (χ0n) is 17.5. The van der Waals surface area contributed by atoms with Crippen LogP contribution in [0, 0.1) is 17.3 Å². The minimum Gasteiger partial charge on any atom is -0.504 e. The Labute approximate surface area is 167 Å². The molecule has 1 fully saturated rings. The summed E-state index contributed by atoms with van der Waals surface area (Å²) in [6, 6.07) is 4.48. The normalized spacial score (nSPS) is 31.9. The van der Waals surface area contributed by atoms with Crippen molar-refractivity contribution in [3.63, 3.8) is 0 Å². The summed E-state index contributed by atoms with van der Waals surface area (Å²) >= 11 is 0. The van der Waals surface area contributed by atoms with Crippen molar-refractivity contribution in [3.8, 4) is 11.5 Å². The fourth-order valence-electron chi connectivity index (χ4n) is 4.89. The monoisotopic (exact) mass is 388 g/mol. The first-order valence-electron chi connectivity index (χ1n) is 10.0. The summed E-state index contributed by atoms with van der Waals surface area (Å²) in [5, 5.41) is 21.0. The highest BCUT2D eigenvalue weighted by Crippen LogP contribution is 2.51. The second-order valence-electron chi connectivity index (χ2n) is 9.26. The molecule has 0 spiro atoms. The van der Waals surface area contributed by atoms with Crippen molar-refractivity contribution >= 4 is 5.97 Å². The average Bonchev–Trinajstić information content (AvgIpc) is 2.69. The van der Waals surface area contributed by atoms with E-state index in [1.807, 2.05) is 13.8 Å². The van der Waals surface area contributed by atoms with E-state index in [1.165, 1.54) is 13.2 Å². The molecule has 28 heavy (non-hydrogen) atoms. The number of benzene rings is 1. The minimum absolute atomic E-state index is 0.0378. The van der Waals surface area contributed by atoms with Crippen LogP contribution in [0.25, 0.3) is 0 Å². The van der Waals surface area contributed by atoms with Crippen LogP contribution in [-0.4, -0.2) is 35.0 Å². The summed E-state index contributed by atoms with van der Waals surface area (Å²) in [5.41, 5.74) is 0.626. The number of fused-ring (bicyclic) bond motifs is 1. The number of phenolic OH excluding ortho intramolecular Hbond substituents is 1. The SMILES string of the molecule is COc1ccc(C(=O)OC2CC3C(C=C2C)C(C)(C)CCC[C@]3(C)O)cc1O.